The Morgan fingerprint density at radius 1 is 0.895 bits per heavy atom. The van der Waals surface area contributed by atoms with E-state index in [0.29, 0.717) is 0 Å². The third-order valence-electron chi connectivity index (χ3n) is 1.30. The summed E-state index contributed by atoms with van der Waals surface area (Å²) >= 11 is 0. The van der Waals surface area contributed by atoms with E-state index in [-0.39, 0.29) is 0 Å². The second-order valence-corrected chi connectivity index (χ2v) is 6.38. The fraction of sp³-hybridized carbons (Fsp3) is 0.667. The average molecular weight is 315 g/mol. The van der Waals surface area contributed by atoms with Crippen LogP contribution in [0.25, 0.3) is 0 Å². The van der Waals surface area contributed by atoms with E-state index in [4.69, 9.17) is 0 Å². The summed E-state index contributed by atoms with van der Waals surface area (Å²) < 4.78 is 61.2. The van der Waals surface area contributed by atoms with E-state index >= 15 is 0 Å². The van der Waals surface area contributed by atoms with Crippen LogP contribution in [0.4, 0.5) is 25.2 Å². The van der Waals surface area contributed by atoms with Crippen molar-refractivity contribution in [1.82, 2.24) is 9.80 Å². The summed E-state index contributed by atoms with van der Waals surface area (Å²) in [5.41, 5.74) is 1.19. The normalized spacial score (nSPS) is 15.5. The van der Waals surface area contributed by atoms with Crippen molar-refractivity contribution in [3.05, 3.63) is 11.9 Å². The van der Waals surface area contributed by atoms with E-state index in [9.17, 15) is 25.2 Å². The monoisotopic (exact) mass is 315 g/mol. The van der Waals surface area contributed by atoms with Gasteiger partial charge in [0.1, 0.15) is 19.8 Å². The fourth-order valence-electron chi connectivity index (χ4n) is 0.793. The van der Waals surface area contributed by atoms with Gasteiger partial charge in [-0.1, -0.05) is 0 Å². The zero-order valence-electron chi connectivity index (χ0n) is 11.7. The van der Waals surface area contributed by atoms with Gasteiger partial charge in [-0.15, -0.1) is 0 Å². The van der Waals surface area contributed by atoms with Gasteiger partial charge in [0.05, 0.1) is 0 Å². The van der Waals surface area contributed by atoms with Crippen LogP contribution in [0.1, 0.15) is 0 Å². The Morgan fingerprint density at radius 3 is 1.37 bits per heavy atom. The van der Waals surface area contributed by atoms with Gasteiger partial charge in [-0.2, -0.15) is 0 Å². The maximum atomic E-state index is 9.87. The van der Waals surface area contributed by atoms with Gasteiger partial charge in [-0.3, -0.25) is 0 Å². The molecule has 0 rings (SSSR count). The SMILES string of the molecule is CN(C)/C=C(\C=[N+](C)C)N(C)C.F[P-](F)(F)(F)(F)F. The molecule has 10 heteroatoms. The summed E-state index contributed by atoms with van der Waals surface area (Å²) in [7, 11) is 1.50. The molecule has 0 aliphatic rings. The van der Waals surface area contributed by atoms with Gasteiger partial charge in [0.2, 0.25) is 0 Å². The van der Waals surface area contributed by atoms with Crippen molar-refractivity contribution >= 4 is 14.0 Å². The molecule has 0 atom stereocenters. The van der Waals surface area contributed by atoms with Crippen LogP contribution < -0.4 is 0 Å². The molecule has 0 fully saturated rings. The van der Waals surface area contributed by atoms with Crippen molar-refractivity contribution in [3.8, 4) is 0 Å². The molecule has 3 nitrogen and oxygen atoms in total. The summed E-state index contributed by atoms with van der Waals surface area (Å²) in [4.78, 5) is 4.12. The number of allylic oxidation sites excluding steroid dienone is 1. The zero-order valence-corrected chi connectivity index (χ0v) is 12.6. The van der Waals surface area contributed by atoms with E-state index in [1.54, 1.807) is 0 Å². The van der Waals surface area contributed by atoms with Gasteiger partial charge < -0.3 is 9.80 Å². The molecule has 0 unspecified atom stereocenters. The van der Waals surface area contributed by atoms with Gasteiger partial charge in [0.25, 0.3) is 0 Å². The van der Waals surface area contributed by atoms with Crippen LogP contribution in [0.2, 0.25) is 0 Å². The number of hydrogen-bond acceptors (Lipinski definition) is 2. The maximum absolute atomic E-state index is 10.7. The number of hydrogen-bond donors (Lipinski definition) is 0. The summed E-state index contributed by atoms with van der Waals surface area (Å²) in [5, 5.41) is 0. The van der Waals surface area contributed by atoms with Crippen molar-refractivity contribution in [1.29, 1.82) is 0 Å². The van der Waals surface area contributed by atoms with Crippen molar-refractivity contribution in [2.75, 3.05) is 42.3 Å². The first kappa shape index (κ1) is 20.3. The zero-order chi connectivity index (χ0) is 16.1. The first-order chi connectivity index (χ1) is 7.88. The summed E-state index contributed by atoms with van der Waals surface area (Å²) in [6, 6.07) is 0. The van der Waals surface area contributed by atoms with E-state index in [1.165, 1.54) is 5.70 Å². The predicted octanol–water partition coefficient (Wildman–Crippen LogP) is 3.68. The molecule has 0 aromatic carbocycles. The third-order valence-corrected chi connectivity index (χ3v) is 1.30. The van der Waals surface area contributed by atoms with E-state index in [2.05, 4.69) is 17.3 Å². The van der Waals surface area contributed by atoms with Gasteiger partial charge in [-0.25, -0.2) is 4.58 Å². The first-order valence-corrected chi connectivity index (χ1v) is 7.04. The Morgan fingerprint density at radius 2 is 1.21 bits per heavy atom. The molecule has 19 heavy (non-hydrogen) atoms. The summed E-state index contributed by atoms with van der Waals surface area (Å²) in [5.74, 6) is 0. The van der Waals surface area contributed by atoms with Crippen molar-refractivity contribution in [2.24, 2.45) is 0 Å². The molecular weight excluding hydrogens is 295 g/mol. The Labute approximate surface area is 109 Å². The molecule has 0 amide bonds. The van der Waals surface area contributed by atoms with Gasteiger partial charge in [0, 0.05) is 34.4 Å². The molecule has 0 aliphatic heterocycles. The van der Waals surface area contributed by atoms with Gasteiger partial charge >= 0.3 is 33.0 Å². The fourth-order valence-corrected chi connectivity index (χ4v) is 0.793. The topological polar surface area (TPSA) is 9.49 Å². The van der Waals surface area contributed by atoms with E-state index in [1.807, 2.05) is 51.8 Å². The van der Waals surface area contributed by atoms with Crippen LogP contribution >= 0.6 is 7.81 Å². The molecule has 0 heterocycles. The molecule has 0 aromatic rings. The molecule has 0 aliphatic carbocycles. The molecule has 0 spiro atoms. The minimum atomic E-state index is -10.7. The minimum absolute atomic E-state index is 1.19. The molecule has 0 saturated carbocycles. The Hall–Kier alpha value is -0.980. The molecule has 0 bridgehead atoms. The summed E-state index contributed by atoms with van der Waals surface area (Å²) in [6.45, 7) is 0. The second-order valence-electron chi connectivity index (χ2n) is 4.46. The van der Waals surface area contributed by atoms with Crippen LogP contribution in [0.5, 0.6) is 0 Å². The Kier molecular flexibility index (Phi) is 5.96. The summed E-state index contributed by atoms with van der Waals surface area (Å²) in [6.07, 6.45) is 4.17. The molecule has 0 aromatic heterocycles. The molecule has 118 valence electrons. The average Bonchev–Trinajstić information content (AvgIpc) is 1.94. The van der Waals surface area contributed by atoms with Gasteiger partial charge in [-0.05, 0) is 0 Å². The first-order valence-electron chi connectivity index (χ1n) is 5.01. The quantitative estimate of drug-likeness (QED) is 0.340. The van der Waals surface area contributed by atoms with Gasteiger partial charge in [0.15, 0.2) is 6.21 Å². The molecule has 0 saturated heterocycles. The van der Waals surface area contributed by atoms with E-state index < -0.39 is 7.81 Å². The number of halogens is 6. The number of nitrogens with zero attached hydrogens (tertiary/aromatic N) is 3. The van der Waals surface area contributed by atoms with Crippen LogP contribution in [0.3, 0.4) is 0 Å². The predicted molar refractivity (Wildman–Crippen MR) is 67.2 cm³/mol. The molecular formula is C9H20F6N3P. The van der Waals surface area contributed by atoms with Crippen LogP contribution in [-0.4, -0.2) is 62.9 Å². The van der Waals surface area contributed by atoms with Crippen LogP contribution in [-0.2, 0) is 0 Å². The van der Waals surface area contributed by atoms with Crippen LogP contribution in [0, 0.1) is 0 Å². The standard InChI is InChI=1S/C9H20N3.F6P/c1-10(2)7-9(12(5)6)8-11(3)4;1-7(2,3,4,5)6/h7-8H,1-6H3;/q+1;-1. The third kappa shape index (κ3) is 31.6. The van der Waals surface area contributed by atoms with Crippen molar-refractivity contribution in [2.45, 2.75) is 0 Å². The van der Waals surface area contributed by atoms with E-state index in [0.717, 1.165) is 0 Å². The Bertz CT molecular complexity index is 339. The molecule has 0 N–H and O–H groups in total. The number of rotatable bonds is 3. The van der Waals surface area contributed by atoms with Crippen LogP contribution in [0.15, 0.2) is 11.9 Å². The Balaban J connectivity index is 0. The van der Waals surface area contributed by atoms with Crippen molar-refractivity contribution < 1.29 is 29.8 Å². The van der Waals surface area contributed by atoms with Crippen molar-refractivity contribution in [3.63, 3.8) is 0 Å². The molecule has 0 radical (unpaired) electrons. The second kappa shape index (κ2) is 5.56.